The van der Waals surface area contributed by atoms with E-state index < -0.39 is 15.8 Å². The third-order valence-corrected chi connectivity index (χ3v) is 7.91. The Morgan fingerprint density at radius 3 is 2.48 bits per heavy atom. The number of benzene rings is 2. The van der Waals surface area contributed by atoms with Crippen molar-refractivity contribution < 1.29 is 12.8 Å². The second-order valence-electron chi connectivity index (χ2n) is 8.46. The molecule has 0 bridgehead atoms. The number of hydrogen-bond acceptors (Lipinski definition) is 5. The highest BCUT2D eigenvalue weighted by molar-refractivity contribution is 7.90. The van der Waals surface area contributed by atoms with Crippen LogP contribution < -0.4 is 0 Å². The molecule has 3 heterocycles. The van der Waals surface area contributed by atoms with Crippen LogP contribution in [-0.2, 0) is 16.6 Å². The number of nitrogens with zero attached hydrogens (tertiary/aromatic N) is 5. The zero-order valence-corrected chi connectivity index (χ0v) is 19.2. The molecule has 0 spiro atoms. The first-order valence-corrected chi connectivity index (χ1v) is 12.4. The van der Waals surface area contributed by atoms with E-state index in [-0.39, 0.29) is 4.90 Å². The van der Waals surface area contributed by atoms with E-state index in [0.717, 1.165) is 48.8 Å². The highest BCUT2D eigenvalue weighted by atomic mass is 32.2. The van der Waals surface area contributed by atoms with E-state index in [1.165, 1.54) is 24.3 Å². The largest absolute Gasteiger partial charge is 0.304 e. The molecule has 4 aromatic rings. The van der Waals surface area contributed by atoms with Gasteiger partial charge in [-0.15, -0.1) is 0 Å². The lowest BCUT2D eigenvalue weighted by Crippen LogP contribution is -2.45. The van der Waals surface area contributed by atoms with Crippen molar-refractivity contribution in [2.24, 2.45) is 0 Å². The molecule has 1 aliphatic heterocycles. The molecule has 33 heavy (non-hydrogen) atoms. The lowest BCUT2D eigenvalue weighted by molar-refractivity contribution is 0.149. The fraction of sp³-hybridized carbons (Fsp3) is 0.292. The first-order chi connectivity index (χ1) is 15.9. The first-order valence-electron chi connectivity index (χ1n) is 11.0. The molecule has 9 heteroatoms. The van der Waals surface area contributed by atoms with Gasteiger partial charge in [0.05, 0.1) is 23.2 Å². The van der Waals surface area contributed by atoms with Gasteiger partial charge < -0.3 is 4.90 Å². The molecular formula is C24H26FN5O2S. The van der Waals surface area contributed by atoms with Crippen molar-refractivity contribution in [2.45, 2.75) is 11.4 Å². The summed E-state index contributed by atoms with van der Waals surface area (Å²) in [5.41, 5.74) is 1.81. The molecule has 172 valence electrons. The minimum absolute atomic E-state index is 0.153. The molecular weight excluding hydrogens is 441 g/mol. The van der Waals surface area contributed by atoms with Crippen molar-refractivity contribution in [2.75, 3.05) is 39.8 Å². The molecule has 0 aliphatic carbocycles. The van der Waals surface area contributed by atoms with Crippen LogP contribution in [0.3, 0.4) is 0 Å². The molecule has 0 radical (unpaired) electrons. The average molecular weight is 468 g/mol. The molecule has 2 aromatic heterocycles. The third-order valence-electron chi connectivity index (χ3n) is 6.22. The Bertz CT molecular complexity index is 1370. The van der Waals surface area contributed by atoms with E-state index in [1.54, 1.807) is 36.7 Å². The Morgan fingerprint density at radius 2 is 1.73 bits per heavy atom. The number of rotatable bonds is 6. The third kappa shape index (κ3) is 4.31. The highest BCUT2D eigenvalue weighted by Gasteiger charge is 2.23. The van der Waals surface area contributed by atoms with Crippen LogP contribution in [-0.4, -0.2) is 71.7 Å². The van der Waals surface area contributed by atoms with Gasteiger partial charge in [-0.3, -0.25) is 9.58 Å². The van der Waals surface area contributed by atoms with E-state index in [9.17, 15) is 12.8 Å². The second kappa shape index (κ2) is 8.74. The number of piperazine rings is 1. The second-order valence-corrected chi connectivity index (χ2v) is 10.3. The van der Waals surface area contributed by atoms with Gasteiger partial charge in [-0.1, -0.05) is 18.2 Å². The maximum Gasteiger partial charge on any atom is 0.268 e. The summed E-state index contributed by atoms with van der Waals surface area (Å²) in [4.78, 5) is 4.90. The summed E-state index contributed by atoms with van der Waals surface area (Å²) in [7, 11) is -1.74. The molecule has 1 aliphatic rings. The van der Waals surface area contributed by atoms with Crippen molar-refractivity contribution in [1.29, 1.82) is 0 Å². The molecule has 2 aromatic carbocycles. The van der Waals surface area contributed by atoms with Crippen LogP contribution in [0.4, 0.5) is 4.39 Å². The topological polar surface area (TPSA) is 63.4 Å². The quantitative estimate of drug-likeness (QED) is 0.436. The van der Waals surface area contributed by atoms with Gasteiger partial charge in [0, 0.05) is 61.6 Å². The number of aromatic nitrogens is 3. The summed E-state index contributed by atoms with van der Waals surface area (Å²) >= 11 is 0. The zero-order chi connectivity index (χ0) is 23.0. The predicted molar refractivity (Wildman–Crippen MR) is 126 cm³/mol. The number of fused-ring (bicyclic) bond motifs is 1. The summed E-state index contributed by atoms with van der Waals surface area (Å²) in [5, 5.41) is 5.15. The maximum absolute atomic E-state index is 14.1. The van der Waals surface area contributed by atoms with Gasteiger partial charge in [0.2, 0.25) is 0 Å². The molecule has 1 saturated heterocycles. The smallest absolute Gasteiger partial charge is 0.268 e. The zero-order valence-electron chi connectivity index (χ0n) is 18.4. The van der Waals surface area contributed by atoms with Crippen LogP contribution in [0.1, 0.15) is 0 Å². The van der Waals surface area contributed by atoms with E-state index in [1.807, 2.05) is 10.9 Å². The molecule has 0 saturated carbocycles. The van der Waals surface area contributed by atoms with Crippen molar-refractivity contribution in [3.63, 3.8) is 0 Å². The Hall–Kier alpha value is -3.01. The van der Waals surface area contributed by atoms with Gasteiger partial charge >= 0.3 is 0 Å². The fourth-order valence-corrected chi connectivity index (χ4v) is 5.63. The fourth-order valence-electron chi connectivity index (χ4n) is 4.25. The van der Waals surface area contributed by atoms with Gasteiger partial charge in [0.15, 0.2) is 0 Å². The van der Waals surface area contributed by atoms with Crippen molar-refractivity contribution in [3.05, 3.63) is 72.9 Å². The Balaban J connectivity index is 1.47. The van der Waals surface area contributed by atoms with E-state index in [2.05, 4.69) is 21.9 Å². The molecule has 0 amide bonds. The Kier molecular flexibility index (Phi) is 5.77. The molecule has 5 rings (SSSR count). The summed E-state index contributed by atoms with van der Waals surface area (Å²) in [6, 6.07) is 12.4. The highest BCUT2D eigenvalue weighted by Crippen LogP contribution is 2.33. The minimum Gasteiger partial charge on any atom is -0.304 e. The van der Waals surface area contributed by atoms with Crippen molar-refractivity contribution >= 4 is 20.9 Å². The van der Waals surface area contributed by atoms with Crippen LogP contribution >= 0.6 is 0 Å². The van der Waals surface area contributed by atoms with Gasteiger partial charge in [0.25, 0.3) is 10.0 Å². The minimum atomic E-state index is -3.88. The van der Waals surface area contributed by atoms with Crippen molar-refractivity contribution in [1.82, 2.24) is 23.6 Å². The van der Waals surface area contributed by atoms with Crippen LogP contribution in [0.15, 0.2) is 72.0 Å². The Morgan fingerprint density at radius 1 is 0.970 bits per heavy atom. The number of hydrogen-bond donors (Lipinski definition) is 0. The molecule has 0 atom stereocenters. The monoisotopic (exact) mass is 467 g/mol. The summed E-state index contributed by atoms with van der Waals surface area (Å²) < 4.78 is 43.8. The molecule has 1 fully saturated rings. The Labute approximate surface area is 192 Å². The molecule has 7 nitrogen and oxygen atoms in total. The van der Waals surface area contributed by atoms with Crippen LogP contribution in [0, 0.1) is 5.82 Å². The summed E-state index contributed by atoms with van der Waals surface area (Å²) in [6.45, 7) is 5.87. The van der Waals surface area contributed by atoms with Gasteiger partial charge in [-0.2, -0.15) is 5.10 Å². The molecule has 0 N–H and O–H groups in total. The van der Waals surface area contributed by atoms with E-state index in [0.29, 0.717) is 16.5 Å². The lowest BCUT2D eigenvalue weighted by Gasteiger charge is -2.32. The SMILES string of the molecule is CN1CCN(CCn2cc(-c3cn(S(=O)(=O)c4ccccc4)c4cc(F)ccc34)cn2)CC1. The first kappa shape index (κ1) is 21.8. The van der Waals surface area contributed by atoms with Gasteiger partial charge in [0.1, 0.15) is 5.82 Å². The predicted octanol–water partition coefficient (Wildman–Crippen LogP) is 3.13. The standard InChI is InChI=1S/C24H26FN5O2S/c1-27-9-11-28(12-10-27)13-14-29-17-19(16-26-29)23-18-30(24-15-20(25)7-8-22(23)24)33(31,32)21-5-3-2-4-6-21/h2-8,15-18H,9-14H2,1H3. The number of likely N-dealkylation sites (N-methyl/N-ethyl adjacent to an activating group) is 1. The van der Waals surface area contributed by atoms with Crippen LogP contribution in [0.25, 0.3) is 22.0 Å². The van der Waals surface area contributed by atoms with E-state index >= 15 is 0 Å². The average Bonchev–Trinajstić information content (AvgIpc) is 3.44. The normalized spacial score (nSPS) is 15.9. The lowest BCUT2D eigenvalue weighted by atomic mass is 10.1. The van der Waals surface area contributed by atoms with Gasteiger partial charge in [-0.05, 0) is 37.4 Å². The van der Waals surface area contributed by atoms with Gasteiger partial charge in [-0.25, -0.2) is 16.8 Å². The number of halogens is 1. The van der Waals surface area contributed by atoms with Crippen LogP contribution in [0.5, 0.6) is 0 Å². The summed E-state index contributed by atoms with van der Waals surface area (Å²) in [5.74, 6) is -0.487. The van der Waals surface area contributed by atoms with Crippen LogP contribution in [0.2, 0.25) is 0 Å². The van der Waals surface area contributed by atoms with Crippen molar-refractivity contribution in [3.8, 4) is 11.1 Å². The maximum atomic E-state index is 14.1. The summed E-state index contributed by atoms with van der Waals surface area (Å²) in [6.07, 6.45) is 5.23. The molecule has 0 unspecified atom stereocenters. The van der Waals surface area contributed by atoms with E-state index in [4.69, 9.17) is 0 Å².